The molecule has 1 unspecified atom stereocenters. The monoisotopic (exact) mass is 312 g/mol. The lowest BCUT2D eigenvalue weighted by atomic mass is 10.0. The molecule has 1 rings (SSSR count). The summed E-state index contributed by atoms with van der Waals surface area (Å²) in [6, 6.07) is 4.23. The van der Waals surface area contributed by atoms with Crippen LogP contribution in [0.4, 0.5) is 0 Å². The fourth-order valence-corrected chi connectivity index (χ4v) is 2.06. The van der Waals surface area contributed by atoms with Crippen molar-refractivity contribution >= 4 is 21.9 Å². The lowest BCUT2D eigenvalue weighted by molar-refractivity contribution is -0.144. The number of alkyl halides is 1. The highest BCUT2D eigenvalue weighted by atomic mass is 79.9. The zero-order valence-corrected chi connectivity index (χ0v) is 13.3. The second-order valence-electron chi connectivity index (χ2n) is 5.13. The Labute approximate surface area is 118 Å². The van der Waals surface area contributed by atoms with E-state index in [1.807, 2.05) is 13.8 Å². The molecular weight excluding hydrogens is 292 g/mol. The zero-order chi connectivity index (χ0) is 13.9. The minimum absolute atomic E-state index is 0.190. The van der Waals surface area contributed by atoms with E-state index in [1.54, 1.807) is 0 Å². The molecule has 0 fully saturated rings. The molecule has 0 aliphatic rings. The number of carbonyl (C=O) groups excluding carboxylic acids is 1. The van der Waals surface area contributed by atoms with E-state index in [1.165, 1.54) is 16.7 Å². The number of esters is 1. The predicted octanol–water partition coefficient (Wildman–Crippen LogP) is 4.07. The molecule has 0 spiro atoms. The number of hydrogen-bond donors (Lipinski definition) is 0. The van der Waals surface area contributed by atoms with Crippen LogP contribution < -0.4 is 0 Å². The molecule has 0 aliphatic carbocycles. The molecule has 0 aromatic heterocycles. The van der Waals surface area contributed by atoms with Crippen LogP contribution in [0.15, 0.2) is 12.1 Å². The van der Waals surface area contributed by atoms with E-state index >= 15 is 0 Å². The third-order valence-electron chi connectivity index (χ3n) is 3.01. The zero-order valence-electron chi connectivity index (χ0n) is 11.7. The van der Waals surface area contributed by atoms with Crippen molar-refractivity contribution in [2.24, 2.45) is 5.92 Å². The van der Waals surface area contributed by atoms with Crippen LogP contribution in [0, 0.1) is 26.7 Å². The highest BCUT2D eigenvalue weighted by molar-refractivity contribution is 9.10. The number of halogens is 1. The van der Waals surface area contributed by atoms with Crippen molar-refractivity contribution in [3.63, 3.8) is 0 Å². The highest BCUT2D eigenvalue weighted by Crippen LogP contribution is 2.19. The number of rotatable bonds is 4. The van der Waals surface area contributed by atoms with Gasteiger partial charge in [-0.05, 0) is 43.4 Å². The van der Waals surface area contributed by atoms with Crippen molar-refractivity contribution in [2.45, 2.75) is 46.1 Å². The second kappa shape index (κ2) is 6.37. The van der Waals surface area contributed by atoms with E-state index in [2.05, 4.69) is 48.8 Å². The number of aryl methyl sites for hydroxylation is 3. The van der Waals surface area contributed by atoms with Gasteiger partial charge in [0, 0.05) is 0 Å². The van der Waals surface area contributed by atoms with Crippen LogP contribution >= 0.6 is 15.9 Å². The Hall–Kier alpha value is -0.830. The molecule has 0 bridgehead atoms. The van der Waals surface area contributed by atoms with Gasteiger partial charge in [0.25, 0.3) is 0 Å². The van der Waals surface area contributed by atoms with Gasteiger partial charge >= 0.3 is 5.97 Å². The first kappa shape index (κ1) is 15.2. The van der Waals surface area contributed by atoms with Crippen molar-refractivity contribution in [2.75, 3.05) is 0 Å². The van der Waals surface area contributed by atoms with E-state index in [9.17, 15) is 4.79 Å². The predicted molar refractivity (Wildman–Crippen MR) is 78.0 cm³/mol. The smallest absolute Gasteiger partial charge is 0.320 e. The molecule has 0 heterocycles. The van der Waals surface area contributed by atoms with Crippen LogP contribution in [0.1, 0.15) is 36.1 Å². The normalized spacial score (nSPS) is 12.6. The van der Waals surface area contributed by atoms with Gasteiger partial charge in [-0.3, -0.25) is 4.79 Å². The lowest BCUT2D eigenvalue weighted by Gasteiger charge is -2.15. The Morgan fingerprint density at radius 2 is 1.72 bits per heavy atom. The average molecular weight is 313 g/mol. The molecule has 0 N–H and O–H groups in total. The van der Waals surface area contributed by atoms with Crippen LogP contribution in [0.3, 0.4) is 0 Å². The Morgan fingerprint density at radius 1 is 1.22 bits per heavy atom. The summed E-state index contributed by atoms with van der Waals surface area (Å²) < 4.78 is 5.37. The van der Waals surface area contributed by atoms with Crippen LogP contribution in [-0.4, -0.2) is 10.8 Å². The Morgan fingerprint density at radius 3 is 2.17 bits per heavy atom. The van der Waals surface area contributed by atoms with Gasteiger partial charge in [0.05, 0.1) is 0 Å². The van der Waals surface area contributed by atoms with Crippen molar-refractivity contribution in [3.05, 3.63) is 34.4 Å². The van der Waals surface area contributed by atoms with Crippen molar-refractivity contribution in [3.8, 4) is 0 Å². The molecule has 1 aromatic rings. The summed E-state index contributed by atoms with van der Waals surface area (Å²) >= 11 is 3.36. The molecule has 1 atom stereocenters. The average Bonchev–Trinajstić information content (AvgIpc) is 2.25. The molecule has 0 aliphatic heterocycles. The van der Waals surface area contributed by atoms with Crippen LogP contribution in [0.2, 0.25) is 0 Å². The molecule has 0 saturated carbocycles. The molecule has 3 heteroatoms. The minimum atomic E-state index is -0.233. The summed E-state index contributed by atoms with van der Waals surface area (Å²) in [4.78, 5) is 11.5. The maximum absolute atomic E-state index is 11.8. The minimum Gasteiger partial charge on any atom is -0.460 e. The Bertz CT molecular complexity index is 415. The molecule has 2 nitrogen and oxygen atoms in total. The van der Waals surface area contributed by atoms with E-state index in [0.29, 0.717) is 6.61 Å². The lowest BCUT2D eigenvalue weighted by Crippen LogP contribution is -2.22. The van der Waals surface area contributed by atoms with Crippen molar-refractivity contribution < 1.29 is 9.53 Å². The van der Waals surface area contributed by atoms with Gasteiger partial charge in [0.1, 0.15) is 11.4 Å². The van der Waals surface area contributed by atoms with Crippen LogP contribution in [0.5, 0.6) is 0 Å². The Kier molecular flexibility index (Phi) is 5.39. The van der Waals surface area contributed by atoms with Crippen LogP contribution in [-0.2, 0) is 16.1 Å². The molecule has 0 radical (unpaired) electrons. The van der Waals surface area contributed by atoms with E-state index in [-0.39, 0.29) is 16.7 Å². The first-order chi connectivity index (χ1) is 8.32. The van der Waals surface area contributed by atoms with Gasteiger partial charge in [-0.25, -0.2) is 0 Å². The highest BCUT2D eigenvalue weighted by Gasteiger charge is 2.20. The van der Waals surface area contributed by atoms with Gasteiger partial charge in [-0.1, -0.05) is 47.5 Å². The summed E-state index contributed by atoms with van der Waals surface area (Å²) in [6.07, 6.45) is 0. The molecule has 100 valence electrons. The molecule has 0 saturated heterocycles. The number of benzene rings is 1. The van der Waals surface area contributed by atoms with Gasteiger partial charge in [0.2, 0.25) is 0 Å². The van der Waals surface area contributed by atoms with Gasteiger partial charge in [-0.15, -0.1) is 0 Å². The van der Waals surface area contributed by atoms with Gasteiger partial charge < -0.3 is 4.74 Å². The maximum Gasteiger partial charge on any atom is 0.320 e. The topological polar surface area (TPSA) is 26.3 Å². The fourth-order valence-electron chi connectivity index (χ4n) is 1.93. The van der Waals surface area contributed by atoms with Crippen molar-refractivity contribution in [1.82, 2.24) is 0 Å². The van der Waals surface area contributed by atoms with Crippen molar-refractivity contribution in [1.29, 1.82) is 0 Å². The summed E-state index contributed by atoms with van der Waals surface area (Å²) in [5.74, 6) is 0.0436. The number of carbonyl (C=O) groups is 1. The molecule has 0 amide bonds. The third-order valence-corrected chi connectivity index (χ3v) is 4.44. The SMILES string of the molecule is Cc1cc(C)c(COC(=O)C(Br)C(C)C)c(C)c1. The van der Waals surface area contributed by atoms with Gasteiger partial charge in [-0.2, -0.15) is 0 Å². The third kappa shape index (κ3) is 3.84. The molecular formula is C15H21BrO2. The first-order valence-corrected chi connectivity index (χ1v) is 7.12. The van der Waals surface area contributed by atoms with E-state index in [4.69, 9.17) is 4.74 Å². The first-order valence-electron chi connectivity index (χ1n) is 6.20. The Balaban J connectivity index is 2.73. The van der Waals surface area contributed by atoms with E-state index in [0.717, 1.165) is 5.56 Å². The summed E-state index contributed by atoms with van der Waals surface area (Å²) in [7, 11) is 0. The fraction of sp³-hybridized carbons (Fsp3) is 0.533. The van der Waals surface area contributed by atoms with Crippen LogP contribution in [0.25, 0.3) is 0 Å². The summed E-state index contributed by atoms with van der Waals surface area (Å²) in [5, 5.41) is 0. The standard InChI is InChI=1S/C15H21BrO2/c1-9(2)14(16)15(17)18-8-13-11(4)6-10(3)7-12(13)5/h6-7,9,14H,8H2,1-5H3. The maximum atomic E-state index is 11.8. The second-order valence-corrected chi connectivity index (χ2v) is 6.12. The quantitative estimate of drug-likeness (QED) is 0.618. The molecule has 18 heavy (non-hydrogen) atoms. The van der Waals surface area contributed by atoms with Gasteiger partial charge in [0.15, 0.2) is 0 Å². The largest absolute Gasteiger partial charge is 0.460 e. The number of ether oxygens (including phenoxy) is 1. The summed E-state index contributed by atoms with van der Waals surface area (Å²) in [5.41, 5.74) is 4.70. The summed E-state index contributed by atoms with van der Waals surface area (Å²) in [6.45, 7) is 10.5. The van der Waals surface area contributed by atoms with E-state index < -0.39 is 0 Å². The molecule has 1 aromatic carbocycles. The number of hydrogen-bond acceptors (Lipinski definition) is 2.